The van der Waals surface area contributed by atoms with Crippen LogP contribution in [0.4, 0.5) is 0 Å². The van der Waals surface area contributed by atoms with Crippen molar-refractivity contribution in [2.75, 3.05) is 0 Å². The summed E-state index contributed by atoms with van der Waals surface area (Å²) in [5, 5.41) is 45.4. The standard InChI is InChI=1S/C32H36N4O9/c33-24(16-19-4-2-1-3-5-19)29(41)35-26(17-20-6-10-22(37)11-7-20)31(43)36-27(18-21-8-12-23(38)13-9-21)30(42)34-25(32(44)45)14-15-28(39)40/h1-13,24-27,37-38H,14-18,33H2,(H,34,42)(H,35,41)(H,36,43)(H,39,40)(H,44,45). The first-order valence-corrected chi connectivity index (χ1v) is 14.1. The number of rotatable bonds is 16. The number of aromatic hydroxyl groups is 2. The molecule has 9 N–H and O–H groups in total. The van der Waals surface area contributed by atoms with Crippen LogP contribution < -0.4 is 21.7 Å². The summed E-state index contributed by atoms with van der Waals surface area (Å²) in [5.74, 6) is -5.05. The molecule has 4 atom stereocenters. The summed E-state index contributed by atoms with van der Waals surface area (Å²) < 4.78 is 0. The van der Waals surface area contributed by atoms with Crippen LogP contribution in [0.15, 0.2) is 78.9 Å². The molecule has 3 amide bonds. The van der Waals surface area contributed by atoms with E-state index in [1.807, 2.05) is 6.07 Å². The van der Waals surface area contributed by atoms with Crippen LogP contribution in [-0.4, -0.2) is 74.3 Å². The van der Waals surface area contributed by atoms with Gasteiger partial charge in [-0.15, -0.1) is 0 Å². The zero-order chi connectivity index (χ0) is 32.9. The summed E-state index contributed by atoms with van der Waals surface area (Å²) in [6.07, 6.45) is -0.888. The summed E-state index contributed by atoms with van der Waals surface area (Å²) in [6, 6.07) is 15.6. The number of nitrogens with one attached hydrogen (secondary N) is 3. The molecule has 238 valence electrons. The molecule has 3 rings (SSSR count). The predicted molar refractivity (Wildman–Crippen MR) is 162 cm³/mol. The lowest BCUT2D eigenvalue weighted by atomic mass is 10.0. The average Bonchev–Trinajstić information content (AvgIpc) is 3.00. The monoisotopic (exact) mass is 620 g/mol. The van der Waals surface area contributed by atoms with Crippen molar-refractivity contribution in [1.82, 2.24) is 16.0 Å². The van der Waals surface area contributed by atoms with E-state index in [1.165, 1.54) is 36.4 Å². The second kappa shape index (κ2) is 16.4. The number of phenols is 2. The van der Waals surface area contributed by atoms with Gasteiger partial charge in [-0.1, -0.05) is 54.6 Å². The molecule has 13 heteroatoms. The molecule has 13 nitrogen and oxygen atoms in total. The van der Waals surface area contributed by atoms with Crippen molar-refractivity contribution in [3.05, 3.63) is 95.6 Å². The van der Waals surface area contributed by atoms with Crippen LogP contribution in [0.5, 0.6) is 11.5 Å². The molecule has 3 aromatic rings. The van der Waals surface area contributed by atoms with Gasteiger partial charge in [-0.25, -0.2) is 4.79 Å². The second-order valence-corrected chi connectivity index (χ2v) is 10.5. The first-order chi connectivity index (χ1) is 21.4. The van der Waals surface area contributed by atoms with E-state index in [1.54, 1.807) is 36.4 Å². The summed E-state index contributed by atoms with van der Waals surface area (Å²) >= 11 is 0. The normalized spacial score (nSPS) is 13.4. The second-order valence-electron chi connectivity index (χ2n) is 10.5. The van der Waals surface area contributed by atoms with Crippen LogP contribution in [0.1, 0.15) is 29.5 Å². The van der Waals surface area contributed by atoms with Crippen molar-refractivity contribution in [2.24, 2.45) is 5.73 Å². The lowest BCUT2D eigenvalue weighted by molar-refractivity contribution is -0.143. The number of aliphatic carboxylic acids is 2. The highest BCUT2D eigenvalue weighted by Gasteiger charge is 2.31. The Morgan fingerprint density at radius 2 is 1.00 bits per heavy atom. The summed E-state index contributed by atoms with van der Waals surface area (Å²) in [5.41, 5.74) is 8.04. The Morgan fingerprint density at radius 3 is 1.44 bits per heavy atom. The SMILES string of the molecule is NC(Cc1ccccc1)C(=O)NC(Cc1ccc(O)cc1)C(=O)NC(Cc1ccc(O)cc1)C(=O)NC(CCC(=O)O)C(=O)O. The molecule has 0 saturated carbocycles. The Labute approximate surface area is 259 Å². The molecule has 45 heavy (non-hydrogen) atoms. The number of carbonyl (C=O) groups excluding carboxylic acids is 3. The van der Waals surface area contributed by atoms with E-state index in [2.05, 4.69) is 16.0 Å². The van der Waals surface area contributed by atoms with Gasteiger partial charge in [-0.3, -0.25) is 19.2 Å². The zero-order valence-corrected chi connectivity index (χ0v) is 24.3. The first kappa shape index (κ1) is 34.1. The fraction of sp³-hybridized carbons (Fsp3) is 0.281. The van der Waals surface area contributed by atoms with Crippen LogP contribution in [0.3, 0.4) is 0 Å². The number of carbonyl (C=O) groups is 5. The maximum atomic E-state index is 13.7. The molecule has 0 aliphatic rings. The number of carboxylic acids is 2. The van der Waals surface area contributed by atoms with Gasteiger partial charge in [0.25, 0.3) is 0 Å². The van der Waals surface area contributed by atoms with E-state index in [9.17, 15) is 39.3 Å². The van der Waals surface area contributed by atoms with Gasteiger partial charge in [0.1, 0.15) is 29.6 Å². The van der Waals surface area contributed by atoms with Gasteiger partial charge in [-0.2, -0.15) is 0 Å². The smallest absolute Gasteiger partial charge is 0.326 e. The van der Waals surface area contributed by atoms with Gasteiger partial charge in [0.05, 0.1) is 6.04 Å². The molecule has 0 aliphatic heterocycles. The van der Waals surface area contributed by atoms with Crippen molar-refractivity contribution < 1.29 is 44.4 Å². The largest absolute Gasteiger partial charge is 0.508 e. The molecule has 0 heterocycles. The molecular formula is C32H36N4O9. The molecule has 0 radical (unpaired) electrons. The van der Waals surface area contributed by atoms with Gasteiger partial charge < -0.3 is 42.1 Å². The Morgan fingerprint density at radius 1 is 0.578 bits per heavy atom. The van der Waals surface area contributed by atoms with Crippen LogP contribution >= 0.6 is 0 Å². The minimum absolute atomic E-state index is 0.00446. The quantitative estimate of drug-likeness (QED) is 0.113. The summed E-state index contributed by atoms with van der Waals surface area (Å²) in [7, 11) is 0. The number of hydrogen-bond acceptors (Lipinski definition) is 8. The third-order valence-electron chi connectivity index (χ3n) is 6.91. The third kappa shape index (κ3) is 11.3. The van der Waals surface area contributed by atoms with Crippen LogP contribution in [0.2, 0.25) is 0 Å². The maximum Gasteiger partial charge on any atom is 0.326 e. The number of benzene rings is 3. The lowest BCUT2D eigenvalue weighted by Gasteiger charge is -2.25. The first-order valence-electron chi connectivity index (χ1n) is 14.1. The highest BCUT2D eigenvalue weighted by atomic mass is 16.4. The number of hydrogen-bond donors (Lipinski definition) is 8. The molecule has 3 aromatic carbocycles. The van der Waals surface area contributed by atoms with Crippen LogP contribution in [-0.2, 0) is 43.2 Å². The van der Waals surface area contributed by atoms with Gasteiger partial charge in [0, 0.05) is 19.3 Å². The maximum absolute atomic E-state index is 13.7. The van der Waals surface area contributed by atoms with E-state index in [-0.39, 0.29) is 30.8 Å². The highest BCUT2D eigenvalue weighted by Crippen LogP contribution is 2.14. The zero-order valence-electron chi connectivity index (χ0n) is 24.3. The van der Waals surface area contributed by atoms with E-state index in [0.717, 1.165) is 5.56 Å². The van der Waals surface area contributed by atoms with E-state index < -0.39 is 66.7 Å². The van der Waals surface area contributed by atoms with Gasteiger partial charge >= 0.3 is 11.9 Å². The Balaban J connectivity index is 1.85. The predicted octanol–water partition coefficient (Wildman–Crippen LogP) is 0.857. The Kier molecular flexibility index (Phi) is 12.4. The van der Waals surface area contributed by atoms with Crippen LogP contribution in [0.25, 0.3) is 0 Å². The van der Waals surface area contributed by atoms with Crippen molar-refractivity contribution in [3.63, 3.8) is 0 Å². The average molecular weight is 621 g/mol. The molecule has 4 unspecified atom stereocenters. The number of carboxylic acid groups (broad SMARTS) is 2. The molecule has 0 saturated heterocycles. The topological polar surface area (TPSA) is 228 Å². The summed E-state index contributed by atoms with van der Waals surface area (Å²) in [4.78, 5) is 62.9. The lowest BCUT2D eigenvalue weighted by Crippen LogP contribution is -2.58. The fourth-order valence-electron chi connectivity index (χ4n) is 4.46. The van der Waals surface area contributed by atoms with Crippen molar-refractivity contribution in [2.45, 2.75) is 56.3 Å². The van der Waals surface area contributed by atoms with E-state index >= 15 is 0 Å². The van der Waals surface area contributed by atoms with E-state index in [4.69, 9.17) is 10.8 Å². The summed E-state index contributed by atoms with van der Waals surface area (Å²) in [6.45, 7) is 0. The van der Waals surface area contributed by atoms with Gasteiger partial charge in [0.2, 0.25) is 17.7 Å². The van der Waals surface area contributed by atoms with Crippen molar-refractivity contribution in [1.29, 1.82) is 0 Å². The molecule has 0 spiro atoms. The number of phenolic OH excluding ortho intramolecular Hbond substituents is 2. The van der Waals surface area contributed by atoms with Crippen molar-refractivity contribution >= 4 is 29.7 Å². The molecule has 0 bridgehead atoms. The van der Waals surface area contributed by atoms with E-state index in [0.29, 0.717) is 11.1 Å². The molecular weight excluding hydrogens is 584 g/mol. The Bertz CT molecular complexity index is 1460. The molecule has 0 aliphatic carbocycles. The third-order valence-corrected chi connectivity index (χ3v) is 6.91. The van der Waals surface area contributed by atoms with Gasteiger partial charge in [0.15, 0.2) is 0 Å². The minimum Gasteiger partial charge on any atom is -0.508 e. The minimum atomic E-state index is -1.55. The Hall–Kier alpha value is -5.43. The number of nitrogens with two attached hydrogens (primary N) is 1. The molecule has 0 fully saturated rings. The van der Waals surface area contributed by atoms with Gasteiger partial charge in [-0.05, 0) is 53.8 Å². The van der Waals surface area contributed by atoms with Crippen molar-refractivity contribution in [3.8, 4) is 11.5 Å². The van der Waals surface area contributed by atoms with Crippen LogP contribution in [0, 0.1) is 0 Å². The number of amides is 3. The highest BCUT2D eigenvalue weighted by molar-refractivity contribution is 5.94. The molecule has 0 aromatic heterocycles. The fourth-order valence-corrected chi connectivity index (χ4v) is 4.46.